The number of amides is 1. The second-order valence-electron chi connectivity index (χ2n) is 6.73. The Hall–Kier alpha value is -1.90. The van der Waals surface area contributed by atoms with E-state index >= 15 is 0 Å². The molecule has 8 nitrogen and oxygen atoms in total. The predicted molar refractivity (Wildman–Crippen MR) is 86.6 cm³/mol. The fraction of sp³-hybridized carbons (Fsp3) is 0.667. The van der Waals surface area contributed by atoms with Crippen molar-refractivity contribution in [3.05, 3.63) is 12.3 Å². The first-order valence-corrected chi connectivity index (χ1v) is 9.61. The van der Waals surface area contributed by atoms with Gasteiger partial charge in [0.1, 0.15) is 11.7 Å². The molecule has 0 aromatic carbocycles. The van der Waals surface area contributed by atoms with E-state index in [1.54, 1.807) is 4.90 Å². The van der Waals surface area contributed by atoms with Crippen LogP contribution in [0.25, 0.3) is 0 Å². The second-order valence-corrected chi connectivity index (χ2v) is 8.64. The quantitative estimate of drug-likeness (QED) is 0.759. The van der Waals surface area contributed by atoms with Crippen molar-refractivity contribution < 1.29 is 22.7 Å². The monoisotopic (exact) mass is 357 g/mol. The van der Waals surface area contributed by atoms with Crippen molar-refractivity contribution in [3.8, 4) is 5.88 Å². The van der Waals surface area contributed by atoms with Crippen molar-refractivity contribution in [2.75, 3.05) is 19.3 Å². The molecule has 2 heterocycles. The standard InChI is InChI=1S/C15H23N3O5S/c1-15(2,3)23-14(19)18-9-6-11(7-10-18)22-12-5-8-16-13(17-12)24(4,20)21/h5,8,11H,6-7,9-10H2,1-4H3. The first-order chi connectivity index (χ1) is 11.0. The molecular formula is C15H23N3O5S. The summed E-state index contributed by atoms with van der Waals surface area (Å²) in [5, 5.41) is -0.258. The van der Waals surface area contributed by atoms with E-state index in [1.807, 2.05) is 20.8 Å². The summed E-state index contributed by atoms with van der Waals surface area (Å²) in [6.45, 7) is 6.52. The normalized spacial score (nSPS) is 16.8. The zero-order chi connectivity index (χ0) is 18.0. The molecule has 1 aliphatic heterocycles. The highest BCUT2D eigenvalue weighted by molar-refractivity contribution is 7.90. The van der Waals surface area contributed by atoms with Gasteiger partial charge in [-0.15, -0.1) is 0 Å². The Balaban J connectivity index is 1.91. The largest absolute Gasteiger partial charge is 0.474 e. The molecule has 1 aromatic rings. The fourth-order valence-electron chi connectivity index (χ4n) is 2.22. The number of piperidine rings is 1. The average Bonchev–Trinajstić information content (AvgIpc) is 2.45. The lowest BCUT2D eigenvalue weighted by Crippen LogP contribution is -2.44. The number of rotatable bonds is 3. The number of hydrogen-bond donors (Lipinski definition) is 0. The summed E-state index contributed by atoms with van der Waals surface area (Å²) in [6.07, 6.45) is 3.18. The molecular weight excluding hydrogens is 334 g/mol. The van der Waals surface area contributed by atoms with Crippen molar-refractivity contribution in [2.24, 2.45) is 0 Å². The van der Waals surface area contributed by atoms with E-state index in [-0.39, 0.29) is 23.2 Å². The van der Waals surface area contributed by atoms with Gasteiger partial charge >= 0.3 is 6.09 Å². The maximum atomic E-state index is 12.0. The van der Waals surface area contributed by atoms with Crippen LogP contribution in [0.4, 0.5) is 4.79 Å². The van der Waals surface area contributed by atoms with E-state index in [0.29, 0.717) is 25.9 Å². The van der Waals surface area contributed by atoms with Gasteiger partial charge in [0.05, 0.1) is 0 Å². The molecule has 0 radical (unpaired) electrons. The summed E-state index contributed by atoms with van der Waals surface area (Å²) in [5.74, 6) is 0.223. The summed E-state index contributed by atoms with van der Waals surface area (Å²) in [5.41, 5.74) is -0.520. The van der Waals surface area contributed by atoms with Crippen LogP contribution >= 0.6 is 0 Å². The maximum absolute atomic E-state index is 12.0. The molecule has 1 amide bonds. The summed E-state index contributed by atoms with van der Waals surface area (Å²) < 4.78 is 34.0. The molecule has 0 unspecified atom stereocenters. The molecule has 24 heavy (non-hydrogen) atoms. The number of aromatic nitrogens is 2. The van der Waals surface area contributed by atoms with Crippen LogP contribution < -0.4 is 4.74 Å². The number of carbonyl (C=O) groups excluding carboxylic acids is 1. The van der Waals surface area contributed by atoms with E-state index in [1.165, 1.54) is 12.3 Å². The van der Waals surface area contributed by atoms with Gasteiger partial charge < -0.3 is 14.4 Å². The number of sulfone groups is 1. The molecule has 1 saturated heterocycles. The molecule has 1 aromatic heterocycles. The molecule has 0 bridgehead atoms. The Morgan fingerprint density at radius 1 is 1.29 bits per heavy atom. The highest BCUT2D eigenvalue weighted by atomic mass is 32.2. The van der Waals surface area contributed by atoms with Crippen LogP contribution in [0, 0.1) is 0 Å². The van der Waals surface area contributed by atoms with E-state index in [9.17, 15) is 13.2 Å². The highest BCUT2D eigenvalue weighted by Crippen LogP contribution is 2.19. The first-order valence-electron chi connectivity index (χ1n) is 7.72. The highest BCUT2D eigenvalue weighted by Gasteiger charge is 2.28. The van der Waals surface area contributed by atoms with Gasteiger partial charge in [-0.3, -0.25) is 0 Å². The van der Waals surface area contributed by atoms with E-state index in [4.69, 9.17) is 9.47 Å². The van der Waals surface area contributed by atoms with Gasteiger partial charge in [0.2, 0.25) is 20.9 Å². The van der Waals surface area contributed by atoms with E-state index in [0.717, 1.165) is 6.26 Å². The lowest BCUT2D eigenvalue weighted by molar-refractivity contribution is 0.0122. The zero-order valence-electron chi connectivity index (χ0n) is 14.4. The zero-order valence-corrected chi connectivity index (χ0v) is 15.2. The van der Waals surface area contributed by atoms with Gasteiger partial charge in [-0.25, -0.2) is 18.2 Å². The lowest BCUT2D eigenvalue weighted by Gasteiger charge is -2.33. The van der Waals surface area contributed by atoms with Crippen LogP contribution in [0.2, 0.25) is 0 Å². The van der Waals surface area contributed by atoms with Gasteiger partial charge in [-0.2, -0.15) is 4.98 Å². The third-order valence-electron chi connectivity index (χ3n) is 3.32. The summed E-state index contributed by atoms with van der Waals surface area (Å²) in [4.78, 5) is 21.3. The molecule has 0 aliphatic carbocycles. The van der Waals surface area contributed by atoms with Crippen molar-refractivity contribution in [3.63, 3.8) is 0 Å². The van der Waals surface area contributed by atoms with Crippen molar-refractivity contribution >= 4 is 15.9 Å². The predicted octanol–water partition coefficient (Wildman–Crippen LogP) is 1.66. The van der Waals surface area contributed by atoms with Gasteiger partial charge in [-0.1, -0.05) is 0 Å². The van der Waals surface area contributed by atoms with Gasteiger partial charge in [0, 0.05) is 44.5 Å². The number of likely N-dealkylation sites (tertiary alicyclic amines) is 1. The maximum Gasteiger partial charge on any atom is 0.410 e. The third kappa shape index (κ3) is 5.33. The van der Waals surface area contributed by atoms with E-state index in [2.05, 4.69) is 9.97 Å². The second kappa shape index (κ2) is 6.92. The Bertz CT molecular complexity index is 691. The van der Waals surface area contributed by atoms with Gasteiger partial charge in [-0.05, 0) is 20.8 Å². The minimum absolute atomic E-state index is 0.133. The summed E-state index contributed by atoms with van der Waals surface area (Å²) in [7, 11) is -3.48. The molecule has 0 atom stereocenters. The van der Waals surface area contributed by atoms with Crippen molar-refractivity contribution in [2.45, 2.75) is 50.5 Å². The van der Waals surface area contributed by atoms with Gasteiger partial charge in [0.15, 0.2) is 0 Å². The number of ether oxygens (including phenoxy) is 2. The minimum Gasteiger partial charge on any atom is -0.474 e. The molecule has 2 rings (SSSR count). The summed E-state index contributed by atoms with van der Waals surface area (Å²) >= 11 is 0. The average molecular weight is 357 g/mol. The number of nitrogens with zero attached hydrogens (tertiary/aromatic N) is 3. The van der Waals surface area contributed by atoms with Crippen molar-refractivity contribution in [1.29, 1.82) is 0 Å². The molecule has 9 heteroatoms. The Labute approximate surface area is 142 Å². The van der Waals surface area contributed by atoms with Crippen LogP contribution in [0.5, 0.6) is 5.88 Å². The van der Waals surface area contributed by atoms with Gasteiger partial charge in [0.25, 0.3) is 0 Å². The first kappa shape index (κ1) is 18.4. The molecule has 1 fully saturated rings. The number of carbonyl (C=O) groups is 1. The molecule has 1 aliphatic rings. The molecule has 0 spiro atoms. The fourth-order valence-corrected chi connectivity index (χ4v) is 2.73. The summed E-state index contributed by atoms with van der Waals surface area (Å²) in [6, 6.07) is 1.52. The Kier molecular flexibility index (Phi) is 5.32. The number of hydrogen-bond acceptors (Lipinski definition) is 7. The SMILES string of the molecule is CC(C)(C)OC(=O)N1CCC(Oc2ccnc(S(C)(=O)=O)n2)CC1. The van der Waals surface area contributed by atoms with Crippen LogP contribution in [0.3, 0.4) is 0 Å². The van der Waals surface area contributed by atoms with Crippen molar-refractivity contribution in [1.82, 2.24) is 14.9 Å². The van der Waals surface area contributed by atoms with Crippen LogP contribution in [0.15, 0.2) is 17.4 Å². The van der Waals surface area contributed by atoms with Crippen LogP contribution in [0.1, 0.15) is 33.6 Å². The Morgan fingerprint density at radius 3 is 2.46 bits per heavy atom. The lowest BCUT2D eigenvalue weighted by atomic mass is 10.1. The third-order valence-corrected chi connectivity index (χ3v) is 4.18. The van der Waals surface area contributed by atoms with Crippen LogP contribution in [-0.4, -0.2) is 60.4 Å². The topological polar surface area (TPSA) is 98.7 Å². The molecule has 0 saturated carbocycles. The molecule has 0 N–H and O–H groups in total. The minimum atomic E-state index is -3.48. The van der Waals surface area contributed by atoms with Crippen LogP contribution in [-0.2, 0) is 14.6 Å². The Morgan fingerprint density at radius 2 is 1.92 bits per heavy atom. The smallest absolute Gasteiger partial charge is 0.410 e. The van der Waals surface area contributed by atoms with E-state index < -0.39 is 15.4 Å². The molecule has 134 valence electrons.